The number of para-hydroxylation sites is 1. The molecule has 2 N–H and O–H groups in total. The second kappa shape index (κ2) is 6.64. The van der Waals surface area contributed by atoms with Gasteiger partial charge in [0.1, 0.15) is 6.04 Å². The minimum absolute atomic E-state index is 0.123. The molecule has 1 atom stereocenters. The van der Waals surface area contributed by atoms with Crippen molar-refractivity contribution >= 4 is 28.9 Å². The molecular formula is C17H19ClN2O. The first-order valence-corrected chi connectivity index (χ1v) is 7.24. The minimum atomic E-state index is -0.359. The van der Waals surface area contributed by atoms with Gasteiger partial charge in [-0.15, -0.1) is 0 Å². The fourth-order valence-electron chi connectivity index (χ4n) is 2.18. The maximum atomic E-state index is 12.2. The number of nitrogens with one attached hydrogen (secondary N) is 2. The van der Waals surface area contributed by atoms with Gasteiger partial charge in [0.2, 0.25) is 5.91 Å². The van der Waals surface area contributed by atoms with Gasteiger partial charge in [-0.2, -0.15) is 0 Å². The van der Waals surface area contributed by atoms with Crippen LogP contribution in [0.25, 0.3) is 0 Å². The standard InChI is InChI=1S/C17H19ClN2O/c1-11-8-12(2)10-14(9-11)19-13(3)17(21)20-16-7-5-4-6-15(16)18/h4-10,13,19H,1-3H3,(H,20,21). The molecule has 0 aliphatic heterocycles. The van der Waals surface area contributed by atoms with E-state index < -0.39 is 0 Å². The second-order valence-corrected chi connectivity index (χ2v) is 5.62. The topological polar surface area (TPSA) is 41.1 Å². The van der Waals surface area contributed by atoms with Gasteiger partial charge >= 0.3 is 0 Å². The molecule has 21 heavy (non-hydrogen) atoms. The average Bonchev–Trinajstić information content (AvgIpc) is 2.40. The first-order chi connectivity index (χ1) is 9.95. The molecule has 1 unspecified atom stereocenters. The van der Waals surface area contributed by atoms with E-state index >= 15 is 0 Å². The summed E-state index contributed by atoms with van der Waals surface area (Å²) in [6, 6.07) is 13.0. The van der Waals surface area contributed by atoms with Crippen LogP contribution in [0.2, 0.25) is 5.02 Å². The average molecular weight is 303 g/mol. The van der Waals surface area contributed by atoms with Crippen molar-refractivity contribution in [2.24, 2.45) is 0 Å². The van der Waals surface area contributed by atoms with E-state index in [4.69, 9.17) is 11.6 Å². The Morgan fingerprint density at radius 2 is 1.71 bits per heavy atom. The highest BCUT2D eigenvalue weighted by molar-refractivity contribution is 6.33. The Kier molecular flexibility index (Phi) is 4.86. The number of aryl methyl sites for hydroxylation is 2. The SMILES string of the molecule is Cc1cc(C)cc(NC(C)C(=O)Nc2ccccc2Cl)c1. The molecule has 0 saturated heterocycles. The summed E-state index contributed by atoms with van der Waals surface area (Å²) < 4.78 is 0. The maximum absolute atomic E-state index is 12.2. The van der Waals surface area contributed by atoms with Crippen molar-refractivity contribution in [3.8, 4) is 0 Å². The lowest BCUT2D eigenvalue weighted by atomic mass is 10.1. The molecule has 110 valence electrons. The van der Waals surface area contributed by atoms with E-state index in [9.17, 15) is 4.79 Å². The maximum Gasteiger partial charge on any atom is 0.246 e. The third-order valence-corrected chi connectivity index (χ3v) is 3.46. The monoisotopic (exact) mass is 302 g/mol. The minimum Gasteiger partial charge on any atom is -0.374 e. The molecule has 0 saturated carbocycles. The molecule has 0 aromatic heterocycles. The lowest BCUT2D eigenvalue weighted by Crippen LogP contribution is -2.32. The van der Waals surface area contributed by atoms with E-state index in [2.05, 4.69) is 16.7 Å². The van der Waals surface area contributed by atoms with E-state index in [1.807, 2.05) is 45.0 Å². The second-order valence-electron chi connectivity index (χ2n) is 5.21. The van der Waals surface area contributed by atoms with Gasteiger partial charge in [0, 0.05) is 5.69 Å². The molecule has 2 aromatic carbocycles. The Morgan fingerprint density at radius 1 is 1.10 bits per heavy atom. The lowest BCUT2D eigenvalue weighted by molar-refractivity contribution is -0.116. The lowest BCUT2D eigenvalue weighted by Gasteiger charge is -2.16. The fraction of sp³-hybridized carbons (Fsp3) is 0.235. The van der Waals surface area contributed by atoms with Crippen LogP contribution in [0.15, 0.2) is 42.5 Å². The van der Waals surface area contributed by atoms with E-state index in [0.29, 0.717) is 10.7 Å². The molecule has 0 aliphatic rings. The summed E-state index contributed by atoms with van der Waals surface area (Å²) in [4.78, 5) is 12.2. The van der Waals surface area contributed by atoms with Crippen LogP contribution in [0.5, 0.6) is 0 Å². The van der Waals surface area contributed by atoms with Gasteiger partial charge in [-0.25, -0.2) is 0 Å². The number of halogens is 1. The van der Waals surface area contributed by atoms with Gasteiger partial charge in [-0.3, -0.25) is 4.79 Å². The van der Waals surface area contributed by atoms with Gasteiger partial charge < -0.3 is 10.6 Å². The molecule has 0 heterocycles. The molecule has 4 heteroatoms. The zero-order chi connectivity index (χ0) is 15.4. The highest BCUT2D eigenvalue weighted by Gasteiger charge is 2.14. The van der Waals surface area contributed by atoms with Crippen LogP contribution in [0, 0.1) is 13.8 Å². The van der Waals surface area contributed by atoms with E-state index in [-0.39, 0.29) is 11.9 Å². The first kappa shape index (κ1) is 15.4. The van der Waals surface area contributed by atoms with Crippen LogP contribution >= 0.6 is 11.6 Å². The summed E-state index contributed by atoms with van der Waals surface area (Å²) in [5.74, 6) is -0.123. The quantitative estimate of drug-likeness (QED) is 0.879. The van der Waals surface area contributed by atoms with Gasteiger partial charge in [-0.05, 0) is 56.2 Å². The summed E-state index contributed by atoms with van der Waals surface area (Å²) >= 11 is 6.04. The number of hydrogen-bond donors (Lipinski definition) is 2. The molecule has 1 amide bonds. The van der Waals surface area contributed by atoms with Crippen molar-refractivity contribution in [1.82, 2.24) is 0 Å². The van der Waals surface area contributed by atoms with E-state index in [1.165, 1.54) is 0 Å². The Hall–Kier alpha value is -2.00. The Morgan fingerprint density at radius 3 is 2.33 bits per heavy atom. The zero-order valence-corrected chi connectivity index (χ0v) is 13.2. The smallest absolute Gasteiger partial charge is 0.246 e. The van der Waals surface area contributed by atoms with E-state index in [0.717, 1.165) is 16.8 Å². The van der Waals surface area contributed by atoms with Gasteiger partial charge in [-0.1, -0.05) is 29.8 Å². The molecule has 2 rings (SSSR count). The van der Waals surface area contributed by atoms with Crippen molar-refractivity contribution in [2.45, 2.75) is 26.8 Å². The molecule has 0 bridgehead atoms. The van der Waals surface area contributed by atoms with Crippen molar-refractivity contribution in [1.29, 1.82) is 0 Å². The summed E-state index contributed by atoms with van der Waals surface area (Å²) in [6.07, 6.45) is 0. The summed E-state index contributed by atoms with van der Waals surface area (Å²) in [5, 5.41) is 6.57. The predicted octanol–water partition coefficient (Wildman–Crippen LogP) is 4.40. The Balaban J connectivity index is 2.04. The molecule has 0 fully saturated rings. The molecule has 2 aromatic rings. The number of rotatable bonds is 4. The molecule has 0 aliphatic carbocycles. The van der Waals surface area contributed by atoms with Gasteiger partial charge in [0.15, 0.2) is 0 Å². The highest BCUT2D eigenvalue weighted by atomic mass is 35.5. The molecular weight excluding hydrogens is 284 g/mol. The number of benzene rings is 2. The van der Waals surface area contributed by atoms with Crippen LogP contribution < -0.4 is 10.6 Å². The molecule has 0 radical (unpaired) electrons. The summed E-state index contributed by atoms with van der Waals surface area (Å²) in [6.45, 7) is 5.89. The van der Waals surface area contributed by atoms with Crippen LogP contribution in [0.4, 0.5) is 11.4 Å². The van der Waals surface area contributed by atoms with Crippen molar-refractivity contribution in [3.63, 3.8) is 0 Å². The van der Waals surface area contributed by atoms with Gasteiger partial charge in [0.05, 0.1) is 10.7 Å². The summed E-state index contributed by atoms with van der Waals surface area (Å²) in [7, 11) is 0. The number of hydrogen-bond acceptors (Lipinski definition) is 2. The number of carbonyl (C=O) groups is 1. The third kappa shape index (κ3) is 4.23. The predicted molar refractivity (Wildman–Crippen MR) is 89.1 cm³/mol. The van der Waals surface area contributed by atoms with Crippen molar-refractivity contribution in [3.05, 3.63) is 58.6 Å². The van der Waals surface area contributed by atoms with Crippen LogP contribution in [-0.4, -0.2) is 11.9 Å². The van der Waals surface area contributed by atoms with Crippen LogP contribution in [0.3, 0.4) is 0 Å². The van der Waals surface area contributed by atoms with Crippen molar-refractivity contribution < 1.29 is 4.79 Å². The normalized spacial score (nSPS) is 11.8. The largest absolute Gasteiger partial charge is 0.374 e. The first-order valence-electron chi connectivity index (χ1n) is 6.86. The Bertz CT molecular complexity index is 635. The molecule has 0 spiro atoms. The van der Waals surface area contributed by atoms with Gasteiger partial charge in [0.25, 0.3) is 0 Å². The fourth-order valence-corrected chi connectivity index (χ4v) is 2.36. The number of carbonyl (C=O) groups excluding carboxylic acids is 1. The van der Waals surface area contributed by atoms with E-state index in [1.54, 1.807) is 12.1 Å². The summed E-state index contributed by atoms with van der Waals surface area (Å²) in [5.41, 5.74) is 3.89. The highest BCUT2D eigenvalue weighted by Crippen LogP contribution is 2.21. The number of amides is 1. The number of anilines is 2. The van der Waals surface area contributed by atoms with Crippen LogP contribution in [0.1, 0.15) is 18.1 Å². The Labute approximate surface area is 130 Å². The third-order valence-electron chi connectivity index (χ3n) is 3.13. The van der Waals surface area contributed by atoms with Crippen molar-refractivity contribution in [2.75, 3.05) is 10.6 Å². The zero-order valence-electron chi connectivity index (χ0n) is 12.4. The van der Waals surface area contributed by atoms with Crippen LogP contribution in [-0.2, 0) is 4.79 Å². The molecule has 3 nitrogen and oxygen atoms in total.